The minimum atomic E-state index is -1.06. The highest BCUT2D eigenvalue weighted by atomic mass is 19.1. The fourth-order valence-electron chi connectivity index (χ4n) is 2.50. The molecular formula is C18H16FN3O2. The van der Waals surface area contributed by atoms with Crippen LogP contribution in [0.25, 0.3) is 22.7 Å². The van der Waals surface area contributed by atoms with Crippen molar-refractivity contribution in [3.63, 3.8) is 0 Å². The lowest BCUT2D eigenvalue weighted by atomic mass is 10.1. The van der Waals surface area contributed by atoms with Crippen molar-refractivity contribution in [1.29, 1.82) is 0 Å². The summed E-state index contributed by atoms with van der Waals surface area (Å²) in [5.74, 6) is -0.293. The van der Waals surface area contributed by atoms with E-state index in [0.29, 0.717) is 0 Å². The van der Waals surface area contributed by atoms with Gasteiger partial charge in [0.2, 0.25) is 0 Å². The van der Waals surface area contributed by atoms with E-state index >= 15 is 0 Å². The zero-order valence-corrected chi connectivity index (χ0v) is 13.0. The van der Waals surface area contributed by atoms with E-state index in [4.69, 9.17) is 5.11 Å². The SMILES string of the molecule is CC(C=Cc1cccc2c1cnn2-c1ccc(F)cc1)NC(=O)O. The summed E-state index contributed by atoms with van der Waals surface area (Å²) in [7, 11) is 0. The Balaban J connectivity index is 1.96. The number of carboxylic acid groups (broad SMARTS) is 1. The molecule has 3 aromatic rings. The predicted octanol–water partition coefficient (Wildman–Crippen LogP) is 3.83. The summed E-state index contributed by atoms with van der Waals surface area (Å²) in [5.41, 5.74) is 2.59. The van der Waals surface area contributed by atoms with Crippen molar-refractivity contribution in [2.24, 2.45) is 0 Å². The topological polar surface area (TPSA) is 67.2 Å². The highest BCUT2D eigenvalue weighted by molar-refractivity contribution is 5.89. The molecule has 0 aliphatic rings. The largest absolute Gasteiger partial charge is 0.465 e. The van der Waals surface area contributed by atoms with E-state index < -0.39 is 6.09 Å². The Hall–Kier alpha value is -3.15. The summed E-state index contributed by atoms with van der Waals surface area (Å²) in [6.45, 7) is 1.76. The molecule has 6 heteroatoms. The van der Waals surface area contributed by atoms with Crippen LogP contribution < -0.4 is 5.32 Å². The molecule has 0 aliphatic carbocycles. The number of hydrogen-bond acceptors (Lipinski definition) is 2. The first-order valence-corrected chi connectivity index (χ1v) is 7.45. The Kier molecular flexibility index (Phi) is 4.29. The van der Waals surface area contributed by atoms with Crippen molar-refractivity contribution in [2.45, 2.75) is 13.0 Å². The number of nitrogens with one attached hydrogen (secondary N) is 1. The molecule has 1 atom stereocenters. The van der Waals surface area contributed by atoms with Gasteiger partial charge in [-0.2, -0.15) is 5.10 Å². The number of aromatic nitrogens is 2. The van der Waals surface area contributed by atoms with Gasteiger partial charge >= 0.3 is 6.09 Å². The van der Waals surface area contributed by atoms with Gasteiger partial charge in [-0.05, 0) is 42.8 Å². The van der Waals surface area contributed by atoms with Crippen LogP contribution in [0, 0.1) is 5.82 Å². The van der Waals surface area contributed by atoms with Crippen LogP contribution in [-0.4, -0.2) is 27.0 Å². The van der Waals surface area contributed by atoms with E-state index in [1.54, 1.807) is 36.0 Å². The van der Waals surface area contributed by atoms with Crippen LogP contribution in [0.1, 0.15) is 12.5 Å². The van der Waals surface area contributed by atoms with E-state index in [1.165, 1.54) is 12.1 Å². The van der Waals surface area contributed by atoms with Crippen LogP contribution in [0.5, 0.6) is 0 Å². The van der Waals surface area contributed by atoms with Crippen molar-refractivity contribution in [2.75, 3.05) is 0 Å². The first kappa shape index (κ1) is 15.7. The van der Waals surface area contributed by atoms with E-state index in [2.05, 4.69) is 10.4 Å². The highest BCUT2D eigenvalue weighted by Gasteiger charge is 2.08. The van der Waals surface area contributed by atoms with Crippen LogP contribution in [0.3, 0.4) is 0 Å². The van der Waals surface area contributed by atoms with Gasteiger partial charge in [-0.15, -0.1) is 0 Å². The zero-order valence-electron chi connectivity index (χ0n) is 13.0. The van der Waals surface area contributed by atoms with Crippen molar-refractivity contribution in [3.8, 4) is 5.69 Å². The number of rotatable bonds is 4. The first-order valence-electron chi connectivity index (χ1n) is 7.45. The number of amides is 1. The number of hydrogen-bond donors (Lipinski definition) is 2. The standard InChI is InChI=1S/C18H16FN3O2/c1-12(21-18(23)24)5-6-13-3-2-4-17-16(13)11-20-22(17)15-9-7-14(19)8-10-15/h2-12,21H,1H3,(H,23,24). The molecule has 0 saturated carbocycles. The van der Waals surface area contributed by atoms with Gasteiger partial charge in [-0.1, -0.05) is 24.3 Å². The van der Waals surface area contributed by atoms with Crippen molar-refractivity contribution < 1.29 is 14.3 Å². The minimum absolute atomic E-state index is 0.293. The van der Waals surface area contributed by atoms with Crippen LogP contribution in [0.4, 0.5) is 9.18 Å². The third-order valence-corrected chi connectivity index (χ3v) is 3.63. The molecule has 1 amide bonds. The molecule has 2 aromatic carbocycles. The first-order chi connectivity index (χ1) is 11.5. The Bertz CT molecular complexity index is 900. The number of carbonyl (C=O) groups is 1. The lowest BCUT2D eigenvalue weighted by Gasteiger charge is -2.06. The van der Waals surface area contributed by atoms with E-state index in [1.807, 2.05) is 24.3 Å². The Morgan fingerprint density at radius 1 is 1.29 bits per heavy atom. The lowest BCUT2D eigenvalue weighted by Crippen LogP contribution is -2.29. The van der Waals surface area contributed by atoms with Crippen LogP contribution in [0.2, 0.25) is 0 Å². The van der Waals surface area contributed by atoms with Crippen LogP contribution in [0.15, 0.2) is 54.7 Å². The van der Waals surface area contributed by atoms with Gasteiger partial charge < -0.3 is 10.4 Å². The third kappa shape index (κ3) is 3.27. The molecule has 24 heavy (non-hydrogen) atoms. The fourth-order valence-corrected chi connectivity index (χ4v) is 2.50. The van der Waals surface area contributed by atoms with Crippen molar-refractivity contribution in [3.05, 3.63) is 66.1 Å². The van der Waals surface area contributed by atoms with Crippen molar-refractivity contribution in [1.82, 2.24) is 15.1 Å². The van der Waals surface area contributed by atoms with Gasteiger partial charge in [-0.3, -0.25) is 0 Å². The number of benzene rings is 2. The van der Waals surface area contributed by atoms with Crippen LogP contribution >= 0.6 is 0 Å². The second kappa shape index (κ2) is 6.54. The summed E-state index contributed by atoms with van der Waals surface area (Å²) in [4.78, 5) is 10.6. The molecule has 0 radical (unpaired) electrons. The Labute approximate surface area is 138 Å². The molecule has 0 fully saturated rings. The third-order valence-electron chi connectivity index (χ3n) is 3.63. The maximum atomic E-state index is 13.1. The second-order valence-corrected chi connectivity index (χ2v) is 5.41. The molecule has 1 heterocycles. The second-order valence-electron chi connectivity index (χ2n) is 5.41. The normalized spacial score (nSPS) is 12.6. The molecule has 3 rings (SSSR count). The van der Waals surface area contributed by atoms with Gasteiger partial charge in [0, 0.05) is 11.4 Å². The maximum absolute atomic E-state index is 13.1. The van der Waals surface area contributed by atoms with E-state index in [0.717, 1.165) is 22.2 Å². The molecule has 0 spiro atoms. The lowest BCUT2D eigenvalue weighted by molar-refractivity contribution is 0.193. The summed E-state index contributed by atoms with van der Waals surface area (Å²) in [6, 6.07) is 11.6. The van der Waals surface area contributed by atoms with Gasteiger partial charge in [-0.25, -0.2) is 13.9 Å². The molecule has 1 aromatic heterocycles. The van der Waals surface area contributed by atoms with Gasteiger partial charge in [0.15, 0.2) is 0 Å². The molecule has 5 nitrogen and oxygen atoms in total. The summed E-state index contributed by atoms with van der Waals surface area (Å²) in [5, 5.41) is 16.4. The molecular weight excluding hydrogens is 309 g/mol. The fraction of sp³-hybridized carbons (Fsp3) is 0.111. The highest BCUT2D eigenvalue weighted by Crippen LogP contribution is 2.23. The molecule has 0 aliphatic heterocycles. The zero-order chi connectivity index (χ0) is 17.1. The molecule has 1 unspecified atom stereocenters. The quantitative estimate of drug-likeness (QED) is 0.766. The monoisotopic (exact) mass is 325 g/mol. The molecule has 0 saturated heterocycles. The average Bonchev–Trinajstić information content (AvgIpc) is 2.97. The number of halogens is 1. The van der Waals surface area contributed by atoms with Crippen molar-refractivity contribution >= 4 is 23.1 Å². The summed E-state index contributed by atoms with van der Waals surface area (Å²) >= 11 is 0. The number of nitrogens with zero attached hydrogens (tertiary/aromatic N) is 2. The van der Waals surface area contributed by atoms with Gasteiger partial charge in [0.25, 0.3) is 0 Å². The minimum Gasteiger partial charge on any atom is -0.465 e. The maximum Gasteiger partial charge on any atom is 0.405 e. The molecule has 2 N–H and O–H groups in total. The molecule has 122 valence electrons. The number of fused-ring (bicyclic) bond motifs is 1. The average molecular weight is 325 g/mol. The van der Waals surface area contributed by atoms with E-state index in [9.17, 15) is 9.18 Å². The Morgan fingerprint density at radius 3 is 2.75 bits per heavy atom. The summed E-state index contributed by atoms with van der Waals surface area (Å²) < 4.78 is 14.8. The Morgan fingerprint density at radius 2 is 2.04 bits per heavy atom. The van der Waals surface area contributed by atoms with Gasteiger partial charge in [0.1, 0.15) is 5.82 Å². The van der Waals surface area contributed by atoms with E-state index in [-0.39, 0.29) is 11.9 Å². The van der Waals surface area contributed by atoms with Crippen LogP contribution in [-0.2, 0) is 0 Å². The molecule has 0 bridgehead atoms. The predicted molar refractivity (Wildman–Crippen MR) is 90.7 cm³/mol. The van der Waals surface area contributed by atoms with Gasteiger partial charge in [0.05, 0.1) is 17.4 Å². The smallest absolute Gasteiger partial charge is 0.405 e. The summed E-state index contributed by atoms with van der Waals surface area (Å²) in [6.07, 6.45) is 4.32.